The SMILES string of the molecule is CC(C)CCOc1ccc2c(c1)[C@H]1OCCC[C@H]1[C@H](C1CCCCC1)N2. The molecule has 1 aromatic rings. The highest BCUT2D eigenvalue weighted by atomic mass is 16.5. The van der Waals surface area contributed by atoms with E-state index in [1.165, 1.54) is 56.2 Å². The Kier molecular flexibility index (Phi) is 5.73. The van der Waals surface area contributed by atoms with Gasteiger partial charge in [-0.3, -0.25) is 0 Å². The standard InChI is InChI=1S/C23H35NO2/c1-16(2)12-14-25-18-10-11-21-20(15-18)23-19(9-6-13-26-23)22(24-21)17-7-4-3-5-8-17/h10-11,15-17,19,22-24H,3-9,12-14H2,1-2H3/t19-,22-,23-/m0/s1. The molecule has 26 heavy (non-hydrogen) atoms. The zero-order chi connectivity index (χ0) is 17.9. The van der Waals surface area contributed by atoms with Crippen LogP contribution in [0.2, 0.25) is 0 Å². The van der Waals surface area contributed by atoms with Crippen molar-refractivity contribution >= 4 is 5.69 Å². The second-order valence-electron chi connectivity index (χ2n) is 8.95. The van der Waals surface area contributed by atoms with Gasteiger partial charge in [-0.05, 0) is 62.1 Å². The summed E-state index contributed by atoms with van der Waals surface area (Å²) in [6.45, 7) is 6.18. The molecule has 1 saturated heterocycles. The molecule has 2 fully saturated rings. The smallest absolute Gasteiger partial charge is 0.119 e. The molecule has 144 valence electrons. The summed E-state index contributed by atoms with van der Waals surface area (Å²) in [4.78, 5) is 0. The maximum atomic E-state index is 6.33. The van der Waals surface area contributed by atoms with Crippen molar-refractivity contribution in [2.75, 3.05) is 18.5 Å². The molecule has 1 aromatic carbocycles. The van der Waals surface area contributed by atoms with Crippen molar-refractivity contribution in [3.63, 3.8) is 0 Å². The van der Waals surface area contributed by atoms with E-state index in [9.17, 15) is 0 Å². The molecule has 4 rings (SSSR count). The van der Waals surface area contributed by atoms with E-state index in [-0.39, 0.29) is 6.10 Å². The van der Waals surface area contributed by atoms with E-state index < -0.39 is 0 Å². The van der Waals surface area contributed by atoms with Crippen LogP contribution in [0.25, 0.3) is 0 Å². The molecule has 1 saturated carbocycles. The van der Waals surface area contributed by atoms with Crippen molar-refractivity contribution in [1.29, 1.82) is 0 Å². The van der Waals surface area contributed by atoms with Gasteiger partial charge >= 0.3 is 0 Å². The van der Waals surface area contributed by atoms with Crippen molar-refractivity contribution in [2.45, 2.75) is 77.4 Å². The van der Waals surface area contributed by atoms with Crippen molar-refractivity contribution < 1.29 is 9.47 Å². The second-order valence-corrected chi connectivity index (χ2v) is 8.95. The lowest BCUT2D eigenvalue weighted by Crippen LogP contribution is -2.46. The van der Waals surface area contributed by atoms with E-state index in [1.807, 2.05) is 0 Å². The highest BCUT2D eigenvalue weighted by Crippen LogP contribution is 2.48. The van der Waals surface area contributed by atoms with Crippen LogP contribution in [0.3, 0.4) is 0 Å². The fourth-order valence-corrected chi connectivity index (χ4v) is 5.15. The van der Waals surface area contributed by atoms with Gasteiger partial charge in [0.1, 0.15) is 5.75 Å². The number of nitrogens with one attached hydrogen (secondary N) is 1. The Balaban J connectivity index is 1.54. The van der Waals surface area contributed by atoms with Crippen LogP contribution in [0.5, 0.6) is 5.75 Å². The molecule has 1 aliphatic carbocycles. The Hall–Kier alpha value is -1.22. The quantitative estimate of drug-likeness (QED) is 0.706. The zero-order valence-electron chi connectivity index (χ0n) is 16.5. The molecule has 2 aliphatic heterocycles. The molecule has 3 heteroatoms. The first-order valence-electron chi connectivity index (χ1n) is 10.9. The fraction of sp³-hybridized carbons (Fsp3) is 0.739. The van der Waals surface area contributed by atoms with Crippen LogP contribution in [-0.4, -0.2) is 19.3 Å². The lowest BCUT2D eigenvalue weighted by molar-refractivity contribution is -0.0459. The first kappa shape index (κ1) is 18.2. The van der Waals surface area contributed by atoms with Gasteiger partial charge in [-0.25, -0.2) is 0 Å². The van der Waals surface area contributed by atoms with E-state index in [0.717, 1.165) is 31.3 Å². The lowest BCUT2D eigenvalue weighted by atomic mass is 9.71. The van der Waals surface area contributed by atoms with Crippen molar-refractivity contribution in [3.8, 4) is 5.75 Å². The number of fused-ring (bicyclic) bond motifs is 3. The monoisotopic (exact) mass is 357 g/mol. The van der Waals surface area contributed by atoms with E-state index in [0.29, 0.717) is 17.9 Å². The minimum absolute atomic E-state index is 0.251. The van der Waals surface area contributed by atoms with Crippen LogP contribution in [-0.2, 0) is 4.74 Å². The summed E-state index contributed by atoms with van der Waals surface area (Å²) in [5.41, 5.74) is 2.60. The molecule has 0 spiro atoms. The maximum Gasteiger partial charge on any atom is 0.119 e. The first-order valence-corrected chi connectivity index (χ1v) is 10.9. The number of hydrogen-bond donors (Lipinski definition) is 1. The average molecular weight is 358 g/mol. The molecule has 0 radical (unpaired) electrons. The minimum atomic E-state index is 0.251. The first-order chi connectivity index (χ1) is 12.7. The predicted molar refractivity (Wildman–Crippen MR) is 107 cm³/mol. The van der Waals surface area contributed by atoms with Gasteiger partial charge in [0, 0.05) is 29.8 Å². The Bertz CT molecular complexity index is 594. The summed E-state index contributed by atoms with van der Waals surface area (Å²) in [6.07, 6.45) is 10.8. The molecule has 0 bridgehead atoms. The van der Waals surface area contributed by atoms with Crippen LogP contribution in [0.4, 0.5) is 5.69 Å². The number of anilines is 1. The summed E-state index contributed by atoms with van der Waals surface area (Å²) in [7, 11) is 0. The molecule has 3 nitrogen and oxygen atoms in total. The van der Waals surface area contributed by atoms with Crippen LogP contribution < -0.4 is 10.1 Å². The van der Waals surface area contributed by atoms with Crippen LogP contribution >= 0.6 is 0 Å². The van der Waals surface area contributed by atoms with E-state index in [4.69, 9.17) is 9.47 Å². The number of hydrogen-bond acceptors (Lipinski definition) is 3. The van der Waals surface area contributed by atoms with Crippen molar-refractivity contribution in [2.24, 2.45) is 17.8 Å². The number of rotatable bonds is 5. The summed E-state index contributed by atoms with van der Waals surface area (Å²) in [5, 5.41) is 3.93. The summed E-state index contributed by atoms with van der Waals surface area (Å²) in [5.74, 6) is 3.10. The largest absolute Gasteiger partial charge is 0.494 e. The minimum Gasteiger partial charge on any atom is -0.494 e. The molecule has 3 atom stereocenters. The van der Waals surface area contributed by atoms with Gasteiger partial charge < -0.3 is 14.8 Å². The lowest BCUT2D eigenvalue weighted by Gasteiger charge is -2.47. The number of benzene rings is 1. The van der Waals surface area contributed by atoms with Gasteiger partial charge in [0.15, 0.2) is 0 Å². The van der Waals surface area contributed by atoms with Crippen molar-refractivity contribution in [1.82, 2.24) is 0 Å². The van der Waals surface area contributed by atoms with Gasteiger partial charge in [-0.15, -0.1) is 0 Å². The van der Waals surface area contributed by atoms with Crippen LogP contribution in [0.1, 0.15) is 76.9 Å². The van der Waals surface area contributed by atoms with E-state index >= 15 is 0 Å². The van der Waals surface area contributed by atoms with Gasteiger partial charge in [0.05, 0.1) is 12.7 Å². The normalized spacial score (nSPS) is 29.0. The van der Waals surface area contributed by atoms with Gasteiger partial charge in [0.2, 0.25) is 0 Å². The predicted octanol–water partition coefficient (Wildman–Crippen LogP) is 5.95. The third kappa shape index (κ3) is 3.88. The van der Waals surface area contributed by atoms with Gasteiger partial charge in [-0.1, -0.05) is 33.1 Å². The Labute approximate surface area is 158 Å². The van der Waals surface area contributed by atoms with Gasteiger partial charge in [0.25, 0.3) is 0 Å². The molecule has 2 heterocycles. The van der Waals surface area contributed by atoms with E-state index in [2.05, 4.69) is 37.4 Å². The highest BCUT2D eigenvalue weighted by Gasteiger charge is 2.42. The topological polar surface area (TPSA) is 30.5 Å². The average Bonchev–Trinajstić information content (AvgIpc) is 2.68. The zero-order valence-corrected chi connectivity index (χ0v) is 16.5. The molecular weight excluding hydrogens is 322 g/mol. The van der Waals surface area contributed by atoms with Crippen LogP contribution in [0.15, 0.2) is 18.2 Å². The number of ether oxygens (including phenoxy) is 2. The molecule has 0 unspecified atom stereocenters. The third-order valence-electron chi connectivity index (χ3n) is 6.60. The second kappa shape index (κ2) is 8.21. The van der Waals surface area contributed by atoms with E-state index in [1.54, 1.807) is 0 Å². The Morgan fingerprint density at radius 1 is 1.12 bits per heavy atom. The summed E-state index contributed by atoms with van der Waals surface area (Å²) in [6, 6.07) is 7.18. The van der Waals surface area contributed by atoms with Gasteiger partial charge in [-0.2, -0.15) is 0 Å². The molecule has 0 aromatic heterocycles. The Morgan fingerprint density at radius 2 is 1.96 bits per heavy atom. The van der Waals surface area contributed by atoms with Crippen molar-refractivity contribution in [3.05, 3.63) is 23.8 Å². The molecule has 3 aliphatic rings. The summed E-state index contributed by atoms with van der Waals surface area (Å²) < 4.78 is 12.4. The maximum absolute atomic E-state index is 6.33. The molecule has 1 N–H and O–H groups in total. The summed E-state index contributed by atoms with van der Waals surface area (Å²) >= 11 is 0. The fourth-order valence-electron chi connectivity index (χ4n) is 5.15. The highest BCUT2D eigenvalue weighted by molar-refractivity contribution is 5.58. The molecular formula is C23H35NO2. The third-order valence-corrected chi connectivity index (χ3v) is 6.60. The Morgan fingerprint density at radius 3 is 2.77 bits per heavy atom. The van der Waals surface area contributed by atoms with Crippen LogP contribution in [0, 0.1) is 17.8 Å². The molecule has 0 amide bonds.